The van der Waals surface area contributed by atoms with E-state index >= 15 is 0 Å². The number of hydrogen-bond acceptors (Lipinski definition) is 4. The molecule has 3 N–H and O–H groups in total. The summed E-state index contributed by atoms with van der Waals surface area (Å²) in [5.74, 6) is 0. The van der Waals surface area contributed by atoms with Gasteiger partial charge in [0.1, 0.15) is 5.60 Å². The molecule has 118 valence electrons. The lowest BCUT2D eigenvalue weighted by Gasteiger charge is -2.23. The van der Waals surface area contributed by atoms with Crippen LogP contribution in [0, 0.1) is 0 Å². The summed E-state index contributed by atoms with van der Waals surface area (Å²) >= 11 is 5.89. The Morgan fingerprint density at radius 3 is 2.71 bits per heavy atom. The van der Waals surface area contributed by atoms with E-state index in [0.717, 1.165) is 5.69 Å². The average molecular weight is 315 g/mol. The van der Waals surface area contributed by atoms with E-state index in [1.165, 1.54) is 0 Å². The smallest absolute Gasteiger partial charge is 0.407 e. The standard InChI is InChI=1S/C15H23ClN2O3/c1-15(2,3)21-14(20)18-13(10-19)7-8-17-12-6-4-5-11(16)9-12/h4-6,9,13,17,19H,7-8,10H2,1-3H3,(H,18,20). The maximum Gasteiger partial charge on any atom is 0.407 e. The van der Waals surface area contributed by atoms with E-state index in [0.29, 0.717) is 18.0 Å². The van der Waals surface area contributed by atoms with Gasteiger partial charge in [-0.05, 0) is 45.4 Å². The first-order valence-electron chi connectivity index (χ1n) is 6.90. The molecule has 0 aromatic heterocycles. The number of aliphatic hydroxyl groups excluding tert-OH is 1. The van der Waals surface area contributed by atoms with Gasteiger partial charge in [-0.2, -0.15) is 0 Å². The molecule has 0 heterocycles. The van der Waals surface area contributed by atoms with Crippen LogP contribution in [0.25, 0.3) is 0 Å². The van der Waals surface area contributed by atoms with Crippen molar-refractivity contribution >= 4 is 23.4 Å². The van der Waals surface area contributed by atoms with Crippen LogP contribution in [-0.4, -0.2) is 36.0 Å². The number of alkyl carbamates (subject to hydrolysis) is 1. The molecule has 0 aliphatic rings. The van der Waals surface area contributed by atoms with E-state index in [2.05, 4.69) is 10.6 Å². The summed E-state index contributed by atoms with van der Waals surface area (Å²) in [4.78, 5) is 11.6. The van der Waals surface area contributed by atoms with Gasteiger partial charge in [-0.15, -0.1) is 0 Å². The van der Waals surface area contributed by atoms with Crippen LogP contribution in [0.15, 0.2) is 24.3 Å². The van der Waals surface area contributed by atoms with Crippen molar-refractivity contribution in [2.75, 3.05) is 18.5 Å². The van der Waals surface area contributed by atoms with Crippen LogP contribution in [0.3, 0.4) is 0 Å². The molecule has 0 saturated heterocycles. The zero-order valence-electron chi connectivity index (χ0n) is 12.6. The molecule has 0 aliphatic carbocycles. The van der Waals surface area contributed by atoms with Crippen LogP contribution in [-0.2, 0) is 4.74 Å². The maximum atomic E-state index is 11.6. The van der Waals surface area contributed by atoms with Gasteiger partial charge in [-0.3, -0.25) is 0 Å². The Morgan fingerprint density at radius 2 is 2.14 bits per heavy atom. The normalized spacial score (nSPS) is 12.6. The molecule has 1 amide bonds. The molecule has 0 spiro atoms. The molecule has 0 fully saturated rings. The zero-order valence-corrected chi connectivity index (χ0v) is 13.4. The predicted octanol–water partition coefficient (Wildman–Crippen LogP) is 3.03. The predicted molar refractivity (Wildman–Crippen MR) is 84.8 cm³/mol. The van der Waals surface area contributed by atoms with Crippen molar-refractivity contribution in [1.82, 2.24) is 5.32 Å². The average Bonchev–Trinajstić information content (AvgIpc) is 2.35. The van der Waals surface area contributed by atoms with Gasteiger partial charge in [-0.25, -0.2) is 4.79 Å². The first-order chi connectivity index (χ1) is 9.80. The van der Waals surface area contributed by atoms with Gasteiger partial charge in [0.15, 0.2) is 0 Å². The van der Waals surface area contributed by atoms with Crippen molar-refractivity contribution in [2.24, 2.45) is 0 Å². The lowest BCUT2D eigenvalue weighted by molar-refractivity contribution is 0.0480. The fraction of sp³-hybridized carbons (Fsp3) is 0.533. The number of nitrogens with one attached hydrogen (secondary N) is 2. The molecule has 1 rings (SSSR count). The largest absolute Gasteiger partial charge is 0.444 e. The fourth-order valence-electron chi connectivity index (χ4n) is 1.67. The van der Waals surface area contributed by atoms with E-state index in [1.54, 1.807) is 26.8 Å². The van der Waals surface area contributed by atoms with Crippen molar-refractivity contribution in [3.8, 4) is 0 Å². The topological polar surface area (TPSA) is 70.6 Å². The minimum absolute atomic E-state index is 0.142. The molecule has 0 saturated carbocycles. The van der Waals surface area contributed by atoms with E-state index in [4.69, 9.17) is 16.3 Å². The van der Waals surface area contributed by atoms with Crippen LogP contribution >= 0.6 is 11.6 Å². The lowest BCUT2D eigenvalue weighted by Crippen LogP contribution is -2.41. The molecule has 1 aromatic rings. The number of carbonyl (C=O) groups is 1. The quantitative estimate of drug-likeness (QED) is 0.755. The highest BCUT2D eigenvalue weighted by molar-refractivity contribution is 6.30. The molecule has 6 heteroatoms. The SMILES string of the molecule is CC(C)(C)OC(=O)NC(CO)CCNc1cccc(Cl)c1. The monoisotopic (exact) mass is 314 g/mol. The third-order valence-electron chi connectivity index (χ3n) is 2.59. The molecule has 0 bridgehead atoms. The second-order valence-corrected chi connectivity index (χ2v) is 6.19. The minimum Gasteiger partial charge on any atom is -0.444 e. The Balaban J connectivity index is 2.36. The number of halogens is 1. The van der Waals surface area contributed by atoms with Gasteiger partial charge in [0.25, 0.3) is 0 Å². The van der Waals surface area contributed by atoms with E-state index in [9.17, 15) is 9.90 Å². The van der Waals surface area contributed by atoms with Crippen molar-refractivity contribution in [3.05, 3.63) is 29.3 Å². The van der Waals surface area contributed by atoms with Gasteiger partial charge < -0.3 is 20.5 Å². The number of carbonyl (C=O) groups excluding carboxylic acids is 1. The van der Waals surface area contributed by atoms with Gasteiger partial charge >= 0.3 is 6.09 Å². The second-order valence-electron chi connectivity index (χ2n) is 5.75. The third kappa shape index (κ3) is 7.78. The highest BCUT2D eigenvalue weighted by Gasteiger charge is 2.18. The molecule has 21 heavy (non-hydrogen) atoms. The van der Waals surface area contributed by atoms with Crippen molar-refractivity contribution < 1.29 is 14.6 Å². The van der Waals surface area contributed by atoms with E-state index in [-0.39, 0.29) is 12.6 Å². The number of rotatable bonds is 6. The number of benzene rings is 1. The summed E-state index contributed by atoms with van der Waals surface area (Å²) < 4.78 is 5.15. The molecule has 0 aliphatic heterocycles. The molecule has 1 atom stereocenters. The number of aliphatic hydroxyl groups is 1. The van der Waals surface area contributed by atoms with Crippen molar-refractivity contribution in [3.63, 3.8) is 0 Å². The summed E-state index contributed by atoms with van der Waals surface area (Å²) in [6.45, 7) is 5.83. The molecule has 0 radical (unpaired) electrons. The van der Waals surface area contributed by atoms with Gasteiger partial charge in [0, 0.05) is 17.3 Å². The Hall–Kier alpha value is -1.46. The second kappa shape index (κ2) is 8.10. The Kier molecular flexibility index (Phi) is 6.78. The van der Waals surface area contributed by atoms with E-state index in [1.807, 2.05) is 18.2 Å². The van der Waals surface area contributed by atoms with Crippen LogP contribution in [0.5, 0.6) is 0 Å². The maximum absolute atomic E-state index is 11.6. The van der Waals surface area contributed by atoms with Gasteiger partial charge in [-0.1, -0.05) is 17.7 Å². The summed E-state index contributed by atoms with van der Waals surface area (Å²) in [5.41, 5.74) is 0.347. The Bertz CT molecular complexity index is 460. The van der Waals surface area contributed by atoms with Crippen molar-refractivity contribution in [2.45, 2.75) is 38.8 Å². The van der Waals surface area contributed by atoms with Crippen LogP contribution in [0.2, 0.25) is 5.02 Å². The molecule has 1 aromatic carbocycles. The van der Waals surface area contributed by atoms with Crippen LogP contribution < -0.4 is 10.6 Å². The molecule has 1 unspecified atom stereocenters. The third-order valence-corrected chi connectivity index (χ3v) is 2.82. The van der Waals surface area contributed by atoms with Gasteiger partial charge in [0.05, 0.1) is 12.6 Å². The number of hydrogen-bond donors (Lipinski definition) is 3. The molecular formula is C15H23ClN2O3. The first-order valence-corrected chi connectivity index (χ1v) is 7.28. The highest BCUT2D eigenvalue weighted by atomic mass is 35.5. The lowest BCUT2D eigenvalue weighted by atomic mass is 10.2. The number of ether oxygens (including phenoxy) is 1. The highest BCUT2D eigenvalue weighted by Crippen LogP contribution is 2.14. The number of anilines is 1. The molecule has 5 nitrogen and oxygen atoms in total. The Labute approximate surface area is 130 Å². The molecular weight excluding hydrogens is 292 g/mol. The van der Waals surface area contributed by atoms with Crippen LogP contribution in [0.1, 0.15) is 27.2 Å². The minimum atomic E-state index is -0.552. The first kappa shape index (κ1) is 17.6. The van der Waals surface area contributed by atoms with Crippen LogP contribution in [0.4, 0.5) is 10.5 Å². The summed E-state index contributed by atoms with van der Waals surface area (Å²) in [7, 11) is 0. The Morgan fingerprint density at radius 1 is 1.43 bits per heavy atom. The zero-order chi connectivity index (χ0) is 15.9. The fourth-order valence-corrected chi connectivity index (χ4v) is 1.86. The van der Waals surface area contributed by atoms with Gasteiger partial charge in [0.2, 0.25) is 0 Å². The van der Waals surface area contributed by atoms with E-state index < -0.39 is 11.7 Å². The van der Waals surface area contributed by atoms with Crippen molar-refractivity contribution in [1.29, 1.82) is 0 Å². The summed E-state index contributed by atoms with van der Waals surface area (Å²) in [6.07, 6.45) is 0.0479. The summed E-state index contributed by atoms with van der Waals surface area (Å²) in [5, 5.41) is 15.8. The summed E-state index contributed by atoms with van der Waals surface area (Å²) in [6, 6.07) is 7.02. The number of amides is 1.